The maximum absolute atomic E-state index is 10.8. The fraction of sp³-hybridized carbons (Fsp3) is 0.308. The van der Waals surface area contributed by atoms with Crippen molar-refractivity contribution < 1.29 is 14.6 Å². The van der Waals surface area contributed by atoms with Gasteiger partial charge in [0.05, 0.1) is 7.11 Å². The van der Waals surface area contributed by atoms with Gasteiger partial charge < -0.3 is 9.84 Å². The lowest BCUT2D eigenvalue weighted by Crippen LogP contribution is -1.97. The highest BCUT2D eigenvalue weighted by Gasteiger charge is 1.95. The van der Waals surface area contributed by atoms with Gasteiger partial charge in [0.2, 0.25) is 0 Å². The minimum atomic E-state index is -0.334. The average Bonchev–Trinajstić information content (AvgIpc) is 2.30. The number of esters is 1. The monoisotopic (exact) mass is 218 g/mol. The molecule has 0 saturated heterocycles. The molecule has 0 radical (unpaired) electrons. The van der Waals surface area contributed by atoms with Crippen molar-refractivity contribution in [2.75, 3.05) is 13.7 Å². The van der Waals surface area contributed by atoms with Gasteiger partial charge >= 0.3 is 5.97 Å². The first-order valence-electron chi connectivity index (χ1n) is 5.01. The van der Waals surface area contributed by atoms with Gasteiger partial charge in [0.15, 0.2) is 0 Å². The number of rotatable bonds is 3. The largest absolute Gasteiger partial charge is 0.468 e. The second-order valence-electron chi connectivity index (χ2n) is 3.23. The predicted octanol–water partition coefficient (Wildman–Crippen LogP) is 1.14. The Kier molecular flexibility index (Phi) is 5.10. The standard InChI is InChI=1S/C13H14O3/c1-16-13(15)7-3-6-11-4-2-5-12(10-11)8-9-14/h2,4-5,10,14H,7-9H2,1H3. The van der Waals surface area contributed by atoms with Crippen LogP contribution in [0, 0.1) is 11.8 Å². The fourth-order valence-corrected chi connectivity index (χ4v) is 1.22. The Hall–Kier alpha value is -1.79. The normalized spacial score (nSPS) is 9.12. The quantitative estimate of drug-likeness (QED) is 0.611. The van der Waals surface area contributed by atoms with Gasteiger partial charge in [-0.25, -0.2) is 0 Å². The second-order valence-corrected chi connectivity index (χ2v) is 3.23. The fourth-order valence-electron chi connectivity index (χ4n) is 1.22. The molecule has 1 N–H and O–H groups in total. The molecule has 0 atom stereocenters. The van der Waals surface area contributed by atoms with Crippen LogP contribution in [0.25, 0.3) is 0 Å². The number of ether oxygens (including phenoxy) is 1. The van der Waals surface area contributed by atoms with Gasteiger partial charge in [-0.3, -0.25) is 4.79 Å². The number of hydrogen-bond donors (Lipinski definition) is 1. The van der Waals surface area contributed by atoms with Crippen LogP contribution in [0.5, 0.6) is 0 Å². The molecule has 1 aromatic rings. The van der Waals surface area contributed by atoms with Crippen LogP contribution in [0.2, 0.25) is 0 Å². The molecule has 3 nitrogen and oxygen atoms in total. The van der Waals surface area contributed by atoms with E-state index in [1.54, 1.807) is 0 Å². The summed E-state index contributed by atoms with van der Waals surface area (Å²) in [6.07, 6.45) is 0.716. The highest BCUT2D eigenvalue weighted by atomic mass is 16.5. The number of aliphatic hydroxyl groups is 1. The molecule has 0 spiro atoms. The van der Waals surface area contributed by atoms with Gasteiger partial charge in [0, 0.05) is 12.2 Å². The lowest BCUT2D eigenvalue weighted by Gasteiger charge is -1.97. The van der Waals surface area contributed by atoms with Gasteiger partial charge in [-0.1, -0.05) is 24.0 Å². The summed E-state index contributed by atoms with van der Waals surface area (Å²) < 4.78 is 4.48. The van der Waals surface area contributed by atoms with Crippen LogP contribution in [0.15, 0.2) is 24.3 Å². The molecular formula is C13H14O3. The van der Waals surface area contributed by atoms with Crippen molar-refractivity contribution in [3.8, 4) is 11.8 Å². The van der Waals surface area contributed by atoms with E-state index in [9.17, 15) is 4.79 Å². The summed E-state index contributed by atoms with van der Waals surface area (Å²) in [4.78, 5) is 10.8. The van der Waals surface area contributed by atoms with Gasteiger partial charge in [-0.2, -0.15) is 0 Å². The summed E-state index contributed by atoms with van der Waals surface area (Å²) in [5.74, 6) is 5.28. The van der Waals surface area contributed by atoms with Crippen LogP contribution in [0.1, 0.15) is 17.5 Å². The molecule has 0 aliphatic carbocycles. The number of aliphatic hydroxyl groups excluding tert-OH is 1. The van der Waals surface area contributed by atoms with Crippen LogP contribution < -0.4 is 0 Å². The Morgan fingerprint density at radius 2 is 2.31 bits per heavy atom. The number of methoxy groups -OCH3 is 1. The van der Waals surface area contributed by atoms with Crippen molar-refractivity contribution in [3.63, 3.8) is 0 Å². The van der Waals surface area contributed by atoms with Gasteiger partial charge in [0.25, 0.3) is 0 Å². The van der Waals surface area contributed by atoms with Crippen LogP contribution in [0.3, 0.4) is 0 Å². The van der Waals surface area contributed by atoms with Crippen LogP contribution in [-0.4, -0.2) is 24.8 Å². The summed E-state index contributed by atoms with van der Waals surface area (Å²) in [6.45, 7) is 0.124. The molecule has 0 aliphatic heterocycles. The van der Waals surface area contributed by atoms with Crippen LogP contribution in [0.4, 0.5) is 0 Å². The van der Waals surface area contributed by atoms with Gasteiger partial charge in [0.1, 0.15) is 6.42 Å². The SMILES string of the molecule is COC(=O)CC#Cc1cccc(CCO)c1. The minimum Gasteiger partial charge on any atom is -0.468 e. The molecule has 0 heterocycles. The molecule has 0 unspecified atom stereocenters. The van der Waals surface area contributed by atoms with Gasteiger partial charge in [-0.15, -0.1) is 0 Å². The van der Waals surface area contributed by atoms with Crippen molar-refractivity contribution >= 4 is 5.97 Å². The summed E-state index contributed by atoms with van der Waals surface area (Å²) in [5, 5.41) is 8.79. The molecule has 0 amide bonds. The zero-order valence-electron chi connectivity index (χ0n) is 9.19. The number of hydrogen-bond acceptors (Lipinski definition) is 3. The molecule has 84 valence electrons. The Bertz CT molecular complexity index is 413. The summed E-state index contributed by atoms with van der Waals surface area (Å²) in [6, 6.07) is 7.58. The lowest BCUT2D eigenvalue weighted by molar-refractivity contribution is -0.139. The summed E-state index contributed by atoms with van der Waals surface area (Å²) in [7, 11) is 1.34. The Balaban J connectivity index is 2.65. The predicted molar refractivity (Wildman–Crippen MR) is 60.7 cm³/mol. The third-order valence-electron chi connectivity index (χ3n) is 2.02. The van der Waals surface area contributed by atoms with E-state index in [0.717, 1.165) is 11.1 Å². The van der Waals surface area contributed by atoms with Crippen molar-refractivity contribution in [1.29, 1.82) is 0 Å². The zero-order chi connectivity index (χ0) is 11.8. The Morgan fingerprint density at radius 1 is 1.50 bits per heavy atom. The van der Waals surface area contributed by atoms with Crippen LogP contribution >= 0.6 is 0 Å². The maximum Gasteiger partial charge on any atom is 0.317 e. The summed E-state index contributed by atoms with van der Waals surface area (Å²) in [5.41, 5.74) is 1.88. The average molecular weight is 218 g/mol. The van der Waals surface area contributed by atoms with Crippen molar-refractivity contribution in [1.82, 2.24) is 0 Å². The number of carbonyl (C=O) groups is 1. The van der Waals surface area contributed by atoms with E-state index in [-0.39, 0.29) is 19.0 Å². The van der Waals surface area contributed by atoms with Gasteiger partial charge in [-0.05, 0) is 24.1 Å². The molecule has 0 aromatic heterocycles. The molecule has 3 heteroatoms. The molecule has 0 bridgehead atoms. The maximum atomic E-state index is 10.8. The molecule has 0 fully saturated rings. The highest BCUT2D eigenvalue weighted by Crippen LogP contribution is 2.04. The zero-order valence-corrected chi connectivity index (χ0v) is 9.19. The van der Waals surface area contributed by atoms with Crippen molar-refractivity contribution in [2.45, 2.75) is 12.8 Å². The Labute approximate surface area is 95.1 Å². The molecule has 1 rings (SSSR count). The van der Waals surface area contributed by atoms with E-state index in [0.29, 0.717) is 6.42 Å². The highest BCUT2D eigenvalue weighted by molar-refractivity contribution is 5.72. The molecule has 1 aromatic carbocycles. The van der Waals surface area contributed by atoms with E-state index in [4.69, 9.17) is 5.11 Å². The number of carbonyl (C=O) groups excluding carboxylic acids is 1. The third-order valence-corrected chi connectivity index (χ3v) is 2.02. The molecule has 0 saturated carbocycles. The molecule has 16 heavy (non-hydrogen) atoms. The second kappa shape index (κ2) is 6.65. The summed E-state index contributed by atoms with van der Waals surface area (Å²) >= 11 is 0. The lowest BCUT2D eigenvalue weighted by atomic mass is 10.1. The van der Waals surface area contributed by atoms with E-state index < -0.39 is 0 Å². The molecule has 0 aliphatic rings. The van der Waals surface area contributed by atoms with E-state index in [1.165, 1.54) is 7.11 Å². The Morgan fingerprint density at radius 3 is 3.00 bits per heavy atom. The van der Waals surface area contributed by atoms with E-state index in [1.807, 2.05) is 24.3 Å². The topological polar surface area (TPSA) is 46.5 Å². The third kappa shape index (κ3) is 4.16. The van der Waals surface area contributed by atoms with Crippen molar-refractivity contribution in [2.24, 2.45) is 0 Å². The first kappa shape index (κ1) is 12.3. The minimum absolute atomic E-state index is 0.0979. The van der Waals surface area contributed by atoms with Crippen LogP contribution in [-0.2, 0) is 16.0 Å². The van der Waals surface area contributed by atoms with E-state index in [2.05, 4.69) is 16.6 Å². The number of benzene rings is 1. The van der Waals surface area contributed by atoms with Crippen molar-refractivity contribution in [3.05, 3.63) is 35.4 Å². The smallest absolute Gasteiger partial charge is 0.317 e. The van der Waals surface area contributed by atoms with E-state index >= 15 is 0 Å². The first-order chi connectivity index (χ1) is 7.76. The molecular weight excluding hydrogens is 204 g/mol. The first-order valence-corrected chi connectivity index (χ1v) is 5.01.